The predicted molar refractivity (Wildman–Crippen MR) is 79.1 cm³/mol. The molecular weight excluding hydrogens is 236 g/mol. The van der Waals surface area contributed by atoms with Gasteiger partial charge in [-0.3, -0.25) is 9.58 Å². The molecule has 2 unspecified atom stereocenters. The fourth-order valence-corrected chi connectivity index (χ4v) is 2.96. The number of nitrogens with zero attached hydrogens (tertiary/aromatic N) is 3. The summed E-state index contributed by atoms with van der Waals surface area (Å²) in [6, 6.07) is 1.12. The average Bonchev–Trinajstić information content (AvgIpc) is 2.85. The van der Waals surface area contributed by atoms with Crippen molar-refractivity contribution in [2.75, 3.05) is 19.6 Å². The quantitative estimate of drug-likeness (QED) is 0.856. The molecule has 19 heavy (non-hydrogen) atoms. The number of piperidine rings is 1. The van der Waals surface area contributed by atoms with Gasteiger partial charge in [0, 0.05) is 37.4 Å². The van der Waals surface area contributed by atoms with E-state index in [-0.39, 0.29) is 0 Å². The van der Waals surface area contributed by atoms with E-state index < -0.39 is 0 Å². The molecule has 1 N–H and O–H groups in total. The molecular formula is C15H28N4. The highest BCUT2D eigenvalue weighted by Crippen LogP contribution is 2.21. The van der Waals surface area contributed by atoms with Crippen LogP contribution >= 0.6 is 0 Å². The molecule has 0 aliphatic carbocycles. The summed E-state index contributed by atoms with van der Waals surface area (Å²) in [5.74, 6) is 0. The second kappa shape index (κ2) is 7.06. The number of aryl methyl sites for hydroxylation is 1. The molecule has 1 aliphatic heterocycles. The third-order valence-corrected chi connectivity index (χ3v) is 4.13. The summed E-state index contributed by atoms with van der Waals surface area (Å²) in [6.07, 6.45) is 9.38. The van der Waals surface area contributed by atoms with Crippen molar-refractivity contribution in [2.45, 2.75) is 51.6 Å². The summed E-state index contributed by atoms with van der Waals surface area (Å²) in [6.45, 7) is 8.07. The molecule has 1 aromatic rings. The summed E-state index contributed by atoms with van der Waals surface area (Å²) in [7, 11) is 1.99. The van der Waals surface area contributed by atoms with Crippen LogP contribution in [-0.4, -0.2) is 40.4 Å². The molecule has 1 fully saturated rings. The van der Waals surface area contributed by atoms with Crippen molar-refractivity contribution in [3.05, 3.63) is 18.0 Å². The predicted octanol–water partition coefficient (Wildman–Crippen LogP) is 2.34. The molecule has 0 radical (unpaired) electrons. The molecule has 1 aromatic heterocycles. The van der Waals surface area contributed by atoms with Crippen LogP contribution in [0.4, 0.5) is 0 Å². The van der Waals surface area contributed by atoms with Gasteiger partial charge in [-0.05, 0) is 39.3 Å². The van der Waals surface area contributed by atoms with Gasteiger partial charge in [0.2, 0.25) is 0 Å². The van der Waals surface area contributed by atoms with Gasteiger partial charge in [-0.25, -0.2) is 0 Å². The molecule has 1 aliphatic rings. The molecule has 1 saturated heterocycles. The Morgan fingerprint density at radius 3 is 2.95 bits per heavy atom. The summed E-state index contributed by atoms with van der Waals surface area (Å²) < 4.78 is 1.90. The van der Waals surface area contributed by atoms with Crippen LogP contribution in [0.25, 0.3) is 0 Å². The van der Waals surface area contributed by atoms with Crippen LogP contribution in [0.1, 0.15) is 51.1 Å². The van der Waals surface area contributed by atoms with Crippen molar-refractivity contribution in [1.29, 1.82) is 0 Å². The maximum absolute atomic E-state index is 4.30. The van der Waals surface area contributed by atoms with Gasteiger partial charge in [0.05, 0.1) is 6.20 Å². The Morgan fingerprint density at radius 1 is 1.53 bits per heavy atom. The first-order chi connectivity index (χ1) is 9.20. The monoisotopic (exact) mass is 264 g/mol. The second-order valence-corrected chi connectivity index (χ2v) is 5.77. The Bertz CT molecular complexity index is 368. The third kappa shape index (κ3) is 4.05. The molecule has 0 bridgehead atoms. The molecule has 2 rings (SSSR count). The Balaban J connectivity index is 1.97. The summed E-state index contributed by atoms with van der Waals surface area (Å²) in [5.41, 5.74) is 1.33. The number of rotatable bonds is 6. The molecule has 0 aromatic carbocycles. The highest BCUT2D eigenvalue weighted by molar-refractivity contribution is 5.09. The lowest BCUT2D eigenvalue weighted by atomic mass is 10.0. The van der Waals surface area contributed by atoms with Crippen LogP contribution in [0.2, 0.25) is 0 Å². The first kappa shape index (κ1) is 14.5. The van der Waals surface area contributed by atoms with Gasteiger partial charge in [-0.1, -0.05) is 13.3 Å². The Kier molecular flexibility index (Phi) is 5.40. The van der Waals surface area contributed by atoms with Crippen LogP contribution in [-0.2, 0) is 7.05 Å². The summed E-state index contributed by atoms with van der Waals surface area (Å²) >= 11 is 0. The van der Waals surface area contributed by atoms with Gasteiger partial charge < -0.3 is 5.32 Å². The molecule has 0 amide bonds. The highest BCUT2D eigenvalue weighted by Gasteiger charge is 2.21. The fourth-order valence-electron chi connectivity index (χ4n) is 2.96. The molecule has 108 valence electrons. The van der Waals surface area contributed by atoms with Crippen LogP contribution < -0.4 is 5.32 Å². The van der Waals surface area contributed by atoms with E-state index in [4.69, 9.17) is 0 Å². The van der Waals surface area contributed by atoms with Gasteiger partial charge in [0.1, 0.15) is 0 Å². The minimum atomic E-state index is 0.456. The standard InChI is InChI=1S/C15H28N4/c1-4-9-19(12-15-7-5-6-8-16-15)13(2)14-10-17-18(3)11-14/h10-11,13,15-16H,4-9,12H2,1-3H3. The maximum atomic E-state index is 4.30. The number of hydrogen-bond acceptors (Lipinski definition) is 3. The van der Waals surface area contributed by atoms with Gasteiger partial charge in [-0.2, -0.15) is 5.10 Å². The number of aromatic nitrogens is 2. The van der Waals surface area contributed by atoms with Crippen molar-refractivity contribution in [3.8, 4) is 0 Å². The minimum Gasteiger partial charge on any atom is -0.313 e. The van der Waals surface area contributed by atoms with E-state index >= 15 is 0 Å². The molecule has 2 heterocycles. The van der Waals surface area contributed by atoms with E-state index in [1.54, 1.807) is 0 Å². The van der Waals surface area contributed by atoms with Crippen molar-refractivity contribution < 1.29 is 0 Å². The van der Waals surface area contributed by atoms with Crippen molar-refractivity contribution in [1.82, 2.24) is 20.0 Å². The number of hydrogen-bond donors (Lipinski definition) is 1. The zero-order valence-corrected chi connectivity index (χ0v) is 12.6. The molecule has 4 nitrogen and oxygen atoms in total. The smallest absolute Gasteiger partial charge is 0.0537 e. The normalized spacial score (nSPS) is 21.8. The minimum absolute atomic E-state index is 0.456. The van der Waals surface area contributed by atoms with E-state index in [9.17, 15) is 0 Å². The van der Waals surface area contributed by atoms with Gasteiger partial charge in [0.15, 0.2) is 0 Å². The topological polar surface area (TPSA) is 33.1 Å². The van der Waals surface area contributed by atoms with Crippen LogP contribution in [0, 0.1) is 0 Å². The van der Waals surface area contributed by atoms with Crippen molar-refractivity contribution in [3.63, 3.8) is 0 Å². The van der Waals surface area contributed by atoms with Gasteiger partial charge in [0.25, 0.3) is 0 Å². The fraction of sp³-hybridized carbons (Fsp3) is 0.800. The summed E-state index contributed by atoms with van der Waals surface area (Å²) in [4.78, 5) is 2.60. The largest absolute Gasteiger partial charge is 0.313 e. The van der Waals surface area contributed by atoms with Gasteiger partial charge >= 0.3 is 0 Å². The molecule has 0 saturated carbocycles. The first-order valence-electron chi connectivity index (χ1n) is 7.66. The lowest BCUT2D eigenvalue weighted by Crippen LogP contribution is -2.44. The SMILES string of the molecule is CCCN(CC1CCCCN1)C(C)c1cnn(C)c1. The second-order valence-electron chi connectivity index (χ2n) is 5.77. The van der Waals surface area contributed by atoms with E-state index in [1.807, 2.05) is 17.9 Å². The van der Waals surface area contributed by atoms with Crippen LogP contribution in [0.5, 0.6) is 0 Å². The number of nitrogens with one attached hydrogen (secondary N) is 1. The van der Waals surface area contributed by atoms with E-state index in [0.29, 0.717) is 12.1 Å². The lowest BCUT2D eigenvalue weighted by molar-refractivity contribution is 0.176. The molecule has 4 heteroatoms. The van der Waals surface area contributed by atoms with E-state index in [2.05, 4.69) is 35.4 Å². The van der Waals surface area contributed by atoms with Crippen molar-refractivity contribution in [2.24, 2.45) is 7.05 Å². The van der Waals surface area contributed by atoms with E-state index in [1.165, 1.54) is 37.8 Å². The Morgan fingerprint density at radius 2 is 2.37 bits per heavy atom. The highest BCUT2D eigenvalue weighted by atomic mass is 15.3. The van der Waals surface area contributed by atoms with Gasteiger partial charge in [-0.15, -0.1) is 0 Å². The maximum Gasteiger partial charge on any atom is 0.0537 e. The average molecular weight is 264 g/mol. The molecule has 0 spiro atoms. The zero-order valence-electron chi connectivity index (χ0n) is 12.6. The molecule has 2 atom stereocenters. The Hall–Kier alpha value is -0.870. The zero-order chi connectivity index (χ0) is 13.7. The van der Waals surface area contributed by atoms with Crippen LogP contribution in [0.15, 0.2) is 12.4 Å². The lowest BCUT2D eigenvalue weighted by Gasteiger charge is -2.34. The third-order valence-electron chi connectivity index (χ3n) is 4.13. The van der Waals surface area contributed by atoms with E-state index in [0.717, 1.165) is 13.1 Å². The first-order valence-corrected chi connectivity index (χ1v) is 7.66. The van der Waals surface area contributed by atoms with Crippen molar-refractivity contribution >= 4 is 0 Å². The Labute approximate surface area is 117 Å². The van der Waals surface area contributed by atoms with Crippen LogP contribution in [0.3, 0.4) is 0 Å². The summed E-state index contributed by atoms with van der Waals surface area (Å²) in [5, 5.41) is 7.96.